The number of benzene rings is 2. The molecule has 0 bridgehead atoms. The van der Waals surface area contributed by atoms with Crippen LogP contribution in [0.2, 0.25) is 0 Å². The summed E-state index contributed by atoms with van der Waals surface area (Å²) in [6, 6.07) is 13.1. The molecule has 0 radical (unpaired) electrons. The number of aromatic nitrogens is 2. The lowest BCUT2D eigenvalue weighted by Crippen LogP contribution is -2.30. The van der Waals surface area contributed by atoms with Crippen molar-refractivity contribution < 1.29 is 14.6 Å². The zero-order chi connectivity index (χ0) is 18.0. The number of rotatable bonds is 6. The fourth-order valence-electron chi connectivity index (χ4n) is 2.90. The summed E-state index contributed by atoms with van der Waals surface area (Å²) < 4.78 is 7.52. The van der Waals surface area contributed by atoms with E-state index in [4.69, 9.17) is 10.5 Å². The van der Waals surface area contributed by atoms with Gasteiger partial charge in [0.15, 0.2) is 0 Å². The van der Waals surface area contributed by atoms with E-state index in [1.165, 1.54) is 0 Å². The summed E-state index contributed by atoms with van der Waals surface area (Å²) in [5, 5.41) is 9.65. The Hall–Kier alpha value is -2.57. The molecule has 0 saturated carbocycles. The molecule has 3 aromatic rings. The number of hydrogen-bond donors (Lipinski definition) is 2. The van der Waals surface area contributed by atoms with Crippen LogP contribution in [0.15, 0.2) is 42.5 Å². The number of ether oxygens (including phenoxy) is 1. The molecule has 7 heteroatoms. The molecule has 1 heterocycles. The normalized spacial score (nSPS) is 11.8. The minimum Gasteiger partial charge on any atom is -0.491 e. The van der Waals surface area contributed by atoms with Gasteiger partial charge in [0.1, 0.15) is 23.7 Å². The van der Waals surface area contributed by atoms with Gasteiger partial charge in [-0.05, 0) is 31.0 Å². The van der Waals surface area contributed by atoms with Crippen molar-refractivity contribution in [3.8, 4) is 5.75 Å². The zero-order valence-electron chi connectivity index (χ0n) is 14.7. The molecule has 0 amide bonds. The molecule has 0 spiro atoms. The van der Waals surface area contributed by atoms with E-state index in [1.807, 2.05) is 37.3 Å². The maximum absolute atomic E-state index is 11.8. The number of fused-ring (bicyclic) bond motifs is 1. The lowest BCUT2D eigenvalue weighted by atomic mass is 10.1. The molecule has 138 valence electrons. The van der Waals surface area contributed by atoms with Gasteiger partial charge in [0, 0.05) is 13.1 Å². The van der Waals surface area contributed by atoms with Gasteiger partial charge >= 0.3 is 5.97 Å². The number of carbonyl (C=O) groups is 1. The number of hydrogen-bond acceptors (Lipinski definition) is 4. The number of nitrogens with zero attached hydrogens (tertiary/aromatic N) is 2. The molecule has 6 nitrogen and oxygen atoms in total. The summed E-state index contributed by atoms with van der Waals surface area (Å²) in [5.41, 5.74) is 8.57. The van der Waals surface area contributed by atoms with Gasteiger partial charge in [0.05, 0.1) is 11.0 Å². The van der Waals surface area contributed by atoms with Crippen molar-refractivity contribution in [2.75, 3.05) is 6.61 Å². The van der Waals surface area contributed by atoms with Crippen molar-refractivity contribution in [3.63, 3.8) is 0 Å². The second kappa shape index (κ2) is 8.21. The van der Waals surface area contributed by atoms with Gasteiger partial charge < -0.3 is 20.1 Å². The third-order valence-corrected chi connectivity index (χ3v) is 4.23. The van der Waals surface area contributed by atoms with Gasteiger partial charge in [-0.2, -0.15) is 0 Å². The van der Waals surface area contributed by atoms with Crippen LogP contribution in [-0.2, 0) is 13.5 Å². The van der Waals surface area contributed by atoms with Crippen LogP contribution in [0.4, 0.5) is 0 Å². The lowest BCUT2D eigenvalue weighted by Gasteiger charge is -2.15. The molecule has 0 unspecified atom stereocenters. The summed E-state index contributed by atoms with van der Waals surface area (Å²) in [7, 11) is 1.79. The smallest absolute Gasteiger partial charge is 0.341 e. The van der Waals surface area contributed by atoms with Gasteiger partial charge in [-0.3, -0.25) is 0 Å². The Morgan fingerprint density at radius 3 is 2.62 bits per heavy atom. The van der Waals surface area contributed by atoms with Gasteiger partial charge in [0.25, 0.3) is 0 Å². The minimum atomic E-state index is -1.04. The van der Waals surface area contributed by atoms with Crippen LogP contribution in [0.3, 0.4) is 0 Å². The highest BCUT2D eigenvalue weighted by Crippen LogP contribution is 2.28. The second-order valence-corrected chi connectivity index (χ2v) is 6.09. The van der Waals surface area contributed by atoms with Crippen molar-refractivity contribution >= 4 is 29.4 Å². The average Bonchev–Trinajstić information content (AvgIpc) is 2.88. The van der Waals surface area contributed by atoms with Crippen LogP contribution in [0.5, 0.6) is 5.75 Å². The first-order chi connectivity index (χ1) is 12.0. The van der Waals surface area contributed by atoms with Crippen molar-refractivity contribution in [1.82, 2.24) is 9.55 Å². The Kier molecular flexibility index (Phi) is 6.23. The molecule has 1 atom stereocenters. The molecule has 3 N–H and O–H groups in total. The lowest BCUT2D eigenvalue weighted by molar-refractivity contribution is 0.0693. The maximum Gasteiger partial charge on any atom is 0.341 e. The quantitative estimate of drug-likeness (QED) is 0.691. The SMILES string of the molecule is Cc1nc2ccc(OC[C@H](N)Cc3ccccc3)c(C(=O)O)c2n1C.Cl. The van der Waals surface area contributed by atoms with E-state index in [0.29, 0.717) is 23.2 Å². The minimum absolute atomic E-state index is 0. The van der Waals surface area contributed by atoms with Crippen LogP contribution < -0.4 is 10.5 Å². The Bertz CT molecular complexity index is 909. The molecule has 0 aliphatic heterocycles. The van der Waals surface area contributed by atoms with Crippen molar-refractivity contribution in [3.05, 3.63) is 59.4 Å². The zero-order valence-corrected chi connectivity index (χ0v) is 15.5. The molecule has 0 saturated heterocycles. The summed E-state index contributed by atoms with van der Waals surface area (Å²) >= 11 is 0. The third kappa shape index (κ3) is 3.98. The standard InChI is InChI=1S/C19H21N3O3.ClH/c1-12-21-15-8-9-16(17(19(23)24)18(15)22(12)2)25-11-14(20)10-13-6-4-3-5-7-13;/h3-9,14H,10-11,20H2,1-2H3,(H,23,24);1H/t14-;/m1./s1. The average molecular weight is 376 g/mol. The van der Waals surface area contributed by atoms with E-state index >= 15 is 0 Å². The molecule has 26 heavy (non-hydrogen) atoms. The summed E-state index contributed by atoms with van der Waals surface area (Å²) in [6.45, 7) is 2.07. The number of nitrogens with two attached hydrogens (primary N) is 1. The van der Waals surface area contributed by atoms with Gasteiger partial charge in [-0.25, -0.2) is 9.78 Å². The van der Waals surface area contributed by atoms with E-state index in [1.54, 1.807) is 23.7 Å². The fourth-order valence-corrected chi connectivity index (χ4v) is 2.90. The van der Waals surface area contributed by atoms with Crippen LogP contribution in [0.25, 0.3) is 11.0 Å². The Morgan fingerprint density at radius 2 is 1.96 bits per heavy atom. The molecular weight excluding hydrogens is 354 g/mol. The van der Waals surface area contributed by atoms with Crippen LogP contribution >= 0.6 is 12.4 Å². The van der Waals surface area contributed by atoms with Crippen LogP contribution in [0.1, 0.15) is 21.7 Å². The van der Waals surface area contributed by atoms with Crippen molar-refractivity contribution in [2.45, 2.75) is 19.4 Å². The highest BCUT2D eigenvalue weighted by atomic mass is 35.5. The molecule has 2 aromatic carbocycles. The summed E-state index contributed by atoms with van der Waals surface area (Å²) in [5.74, 6) is 0.0159. The topological polar surface area (TPSA) is 90.4 Å². The van der Waals surface area contributed by atoms with Crippen LogP contribution in [0, 0.1) is 6.92 Å². The Balaban J connectivity index is 0.00000243. The summed E-state index contributed by atoms with van der Waals surface area (Å²) in [6.07, 6.45) is 0.663. The first-order valence-electron chi connectivity index (χ1n) is 8.09. The highest BCUT2D eigenvalue weighted by molar-refractivity contribution is 6.04. The number of imidazole rings is 1. The Morgan fingerprint density at radius 1 is 1.27 bits per heavy atom. The van der Waals surface area contributed by atoms with E-state index in [2.05, 4.69) is 4.98 Å². The van der Waals surface area contributed by atoms with E-state index in [9.17, 15) is 9.90 Å². The second-order valence-electron chi connectivity index (χ2n) is 6.09. The number of carboxylic acids is 1. The van der Waals surface area contributed by atoms with Crippen LogP contribution in [-0.4, -0.2) is 33.3 Å². The first-order valence-corrected chi connectivity index (χ1v) is 8.09. The molecule has 3 rings (SSSR count). The van der Waals surface area contributed by atoms with Crippen molar-refractivity contribution in [1.29, 1.82) is 0 Å². The number of halogens is 1. The maximum atomic E-state index is 11.8. The monoisotopic (exact) mass is 375 g/mol. The first kappa shape index (κ1) is 19.8. The number of aromatic carboxylic acids is 1. The molecule has 0 fully saturated rings. The fraction of sp³-hybridized carbons (Fsp3) is 0.263. The third-order valence-electron chi connectivity index (χ3n) is 4.23. The predicted molar refractivity (Wildman–Crippen MR) is 103 cm³/mol. The largest absolute Gasteiger partial charge is 0.491 e. The predicted octanol–water partition coefficient (Wildman–Crippen LogP) is 2.95. The van der Waals surface area contributed by atoms with E-state index in [0.717, 1.165) is 11.4 Å². The van der Waals surface area contributed by atoms with E-state index < -0.39 is 5.97 Å². The highest BCUT2D eigenvalue weighted by Gasteiger charge is 2.20. The number of aryl methyl sites for hydroxylation is 2. The molecule has 0 aliphatic carbocycles. The molecule has 0 aliphatic rings. The molecule has 1 aromatic heterocycles. The van der Waals surface area contributed by atoms with Gasteiger partial charge in [-0.15, -0.1) is 12.4 Å². The number of carboxylic acid groups (broad SMARTS) is 1. The van der Waals surface area contributed by atoms with Gasteiger partial charge in [0.2, 0.25) is 0 Å². The van der Waals surface area contributed by atoms with Gasteiger partial charge in [-0.1, -0.05) is 30.3 Å². The Labute approximate surface area is 158 Å². The molecular formula is C19H22ClN3O3. The summed E-state index contributed by atoms with van der Waals surface area (Å²) in [4.78, 5) is 16.1. The van der Waals surface area contributed by atoms with Crippen molar-refractivity contribution in [2.24, 2.45) is 12.8 Å². The van der Waals surface area contributed by atoms with E-state index in [-0.39, 0.29) is 30.6 Å².